The third kappa shape index (κ3) is 2.14. The van der Waals surface area contributed by atoms with Gasteiger partial charge in [-0.15, -0.1) is 0 Å². The van der Waals surface area contributed by atoms with Crippen LogP contribution < -0.4 is 0 Å². The van der Waals surface area contributed by atoms with Gasteiger partial charge in [-0.2, -0.15) is 10.2 Å². The number of nitrogens with zero attached hydrogens (tertiary/aromatic N) is 3. The van der Waals surface area contributed by atoms with Crippen LogP contribution in [0, 0.1) is 17.1 Å². The lowest BCUT2D eigenvalue weighted by Gasteiger charge is -1.98. The van der Waals surface area contributed by atoms with Crippen molar-refractivity contribution in [3.63, 3.8) is 0 Å². The second kappa shape index (κ2) is 4.72. The van der Waals surface area contributed by atoms with Crippen molar-refractivity contribution in [2.45, 2.75) is 6.61 Å². The molecular formula is C11H8FN3O2. The number of aromatic nitrogens is 2. The molecule has 0 saturated heterocycles. The van der Waals surface area contributed by atoms with Crippen molar-refractivity contribution in [2.75, 3.05) is 7.11 Å². The van der Waals surface area contributed by atoms with E-state index in [4.69, 9.17) is 14.5 Å². The van der Waals surface area contributed by atoms with E-state index in [0.29, 0.717) is 5.82 Å². The summed E-state index contributed by atoms with van der Waals surface area (Å²) in [5.41, 5.74) is 0.169. The second-order valence-electron chi connectivity index (χ2n) is 3.22. The fourth-order valence-electron chi connectivity index (χ4n) is 1.37. The first-order valence-electron chi connectivity index (χ1n) is 4.76. The van der Waals surface area contributed by atoms with Crippen LogP contribution in [0.4, 0.5) is 4.39 Å². The largest absolute Gasteiger partial charge is 0.377 e. The molecule has 5 nitrogen and oxygen atoms in total. The molecule has 1 aromatic carbocycles. The summed E-state index contributed by atoms with van der Waals surface area (Å²) < 4.78 is 23.1. The van der Waals surface area contributed by atoms with Crippen molar-refractivity contribution in [3.8, 4) is 17.5 Å². The molecule has 0 atom stereocenters. The van der Waals surface area contributed by atoms with Gasteiger partial charge in [0.25, 0.3) is 5.89 Å². The Bertz CT molecular complexity index is 574. The van der Waals surface area contributed by atoms with Crippen LogP contribution in [0.5, 0.6) is 0 Å². The topological polar surface area (TPSA) is 71.9 Å². The zero-order chi connectivity index (χ0) is 12.3. The molecule has 0 aliphatic carbocycles. The predicted molar refractivity (Wildman–Crippen MR) is 55.1 cm³/mol. The molecular weight excluding hydrogens is 225 g/mol. The summed E-state index contributed by atoms with van der Waals surface area (Å²) in [4.78, 5) is 4.00. The Hall–Kier alpha value is -2.26. The first kappa shape index (κ1) is 11.2. The number of nitriles is 1. The van der Waals surface area contributed by atoms with Gasteiger partial charge in [0.05, 0.1) is 5.56 Å². The standard InChI is InChI=1S/C11H8FN3O2/c1-16-6-10-14-11(17-15-10)7-3-2-4-9(12)8(7)5-13/h2-4H,6H2,1H3. The van der Waals surface area contributed by atoms with Gasteiger partial charge in [0.1, 0.15) is 24.1 Å². The zero-order valence-corrected chi connectivity index (χ0v) is 8.98. The zero-order valence-electron chi connectivity index (χ0n) is 8.98. The fraction of sp³-hybridized carbons (Fsp3) is 0.182. The summed E-state index contributed by atoms with van der Waals surface area (Å²) in [6.07, 6.45) is 0. The van der Waals surface area contributed by atoms with E-state index in [2.05, 4.69) is 10.1 Å². The maximum atomic E-state index is 13.4. The van der Waals surface area contributed by atoms with Gasteiger partial charge < -0.3 is 9.26 Å². The number of benzene rings is 1. The number of halogens is 1. The molecule has 0 fully saturated rings. The van der Waals surface area contributed by atoms with Gasteiger partial charge >= 0.3 is 0 Å². The lowest BCUT2D eigenvalue weighted by molar-refractivity contribution is 0.174. The van der Waals surface area contributed by atoms with E-state index in [1.165, 1.54) is 19.2 Å². The van der Waals surface area contributed by atoms with Crippen molar-refractivity contribution in [3.05, 3.63) is 35.4 Å². The van der Waals surface area contributed by atoms with Crippen LogP contribution in [-0.4, -0.2) is 17.3 Å². The Balaban J connectivity index is 2.46. The maximum absolute atomic E-state index is 13.4. The summed E-state index contributed by atoms with van der Waals surface area (Å²) >= 11 is 0. The van der Waals surface area contributed by atoms with E-state index in [-0.39, 0.29) is 23.6 Å². The highest BCUT2D eigenvalue weighted by molar-refractivity contribution is 5.63. The minimum atomic E-state index is -0.614. The van der Waals surface area contributed by atoms with Crippen molar-refractivity contribution < 1.29 is 13.7 Å². The van der Waals surface area contributed by atoms with Crippen LogP contribution >= 0.6 is 0 Å². The Labute approximate surface area is 96.4 Å². The van der Waals surface area contributed by atoms with Crippen LogP contribution in [-0.2, 0) is 11.3 Å². The van der Waals surface area contributed by atoms with Gasteiger partial charge in [-0.25, -0.2) is 4.39 Å². The molecule has 0 bridgehead atoms. The number of hydrogen-bond donors (Lipinski definition) is 0. The molecule has 0 unspecified atom stereocenters. The monoisotopic (exact) mass is 233 g/mol. The lowest BCUT2D eigenvalue weighted by atomic mass is 10.1. The number of methoxy groups -OCH3 is 1. The average Bonchev–Trinajstić information content (AvgIpc) is 2.78. The van der Waals surface area contributed by atoms with E-state index < -0.39 is 5.82 Å². The normalized spacial score (nSPS) is 10.2. The lowest BCUT2D eigenvalue weighted by Crippen LogP contribution is -1.91. The summed E-state index contributed by atoms with van der Waals surface area (Å²) in [5.74, 6) is -0.166. The molecule has 0 aliphatic heterocycles. The van der Waals surface area contributed by atoms with Crippen LogP contribution in [0.2, 0.25) is 0 Å². The third-order valence-electron chi connectivity index (χ3n) is 2.10. The van der Waals surface area contributed by atoms with E-state index in [9.17, 15) is 4.39 Å². The van der Waals surface area contributed by atoms with E-state index in [0.717, 1.165) is 0 Å². The summed E-state index contributed by atoms with van der Waals surface area (Å²) in [6, 6.07) is 6.00. The first-order chi connectivity index (χ1) is 8.26. The van der Waals surface area contributed by atoms with E-state index in [1.54, 1.807) is 12.1 Å². The van der Waals surface area contributed by atoms with Crippen LogP contribution in [0.25, 0.3) is 11.5 Å². The second-order valence-corrected chi connectivity index (χ2v) is 3.22. The summed E-state index contributed by atoms with van der Waals surface area (Å²) in [5, 5.41) is 12.5. The molecule has 86 valence electrons. The molecule has 0 amide bonds. The molecule has 1 aromatic heterocycles. The minimum absolute atomic E-state index is 0.105. The van der Waals surface area contributed by atoms with Crippen LogP contribution in [0.3, 0.4) is 0 Å². The van der Waals surface area contributed by atoms with E-state index >= 15 is 0 Å². The fourth-order valence-corrected chi connectivity index (χ4v) is 1.37. The summed E-state index contributed by atoms with van der Waals surface area (Å²) in [6.45, 7) is 0.195. The smallest absolute Gasteiger partial charge is 0.259 e. The van der Waals surface area contributed by atoms with Crippen LogP contribution in [0.15, 0.2) is 22.7 Å². The van der Waals surface area contributed by atoms with Gasteiger partial charge in [-0.3, -0.25) is 0 Å². The average molecular weight is 233 g/mol. The van der Waals surface area contributed by atoms with Crippen molar-refractivity contribution in [1.82, 2.24) is 10.1 Å². The molecule has 0 radical (unpaired) electrons. The Kier molecular flexibility index (Phi) is 3.12. The molecule has 0 spiro atoms. The molecule has 1 heterocycles. The van der Waals surface area contributed by atoms with E-state index in [1.807, 2.05) is 0 Å². The van der Waals surface area contributed by atoms with Gasteiger partial charge in [0.15, 0.2) is 5.82 Å². The van der Waals surface area contributed by atoms with Crippen molar-refractivity contribution in [2.24, 2.45) is 0 Å². The minimum Gasteiger partial charge on any atom is -0.377 e. The molecule has 0 N–H and O–H groups in total. The predicted octanol–water partition coefficient (Wildman–Crippen LogP) is 1.89. The Morgan fingerprint density at radius 2 is 2.35 bits per heavy atom. The van der Waals surface area contributed by atoms with Gasteiger partial charge in [-0.1, -0.05) is 11.2 Å². The first-order valence-corrected chi connectivity index (χ1v) is 4.76. The highest BCUT2D eigenvalue weighted by atomic mass is 19.1. The number of hydrogen-bond acceptors (Lipinski definition) is 5. The van der Waals surface area contributed by atoms with Crippen molar-refractivity contribution in [1.29, 1.82) is 5.26 Å². The quantitative estimate of drug-likeness (QED) is 0.809. The highest BCUT2D eigenvalue weighted by Crippen LogP contribution is 2.23. The van der Waals surface area contributed by atoms with Gasteiger partial charge in [0.2, 0.25) is 0 Å². The number of rotatable bonds is 3. The molecule has 0 aliphatic rings. The van der Waals surface area contributed by atoms with Crippen molar-refractivity contribution >= 4 is 0 Å². The number of ether oxygens (including phenoxy) is 1. The molecule has 2 aromatic rings. The van der Waals surface area contributed by atoms with Crippen LogP contribution in [0.1, 0.15) is 11.4 Å². The molecule has 0 saturated carbocycles. The van der Waals surface area contributed by atoms with Gasteiger partial charge in [0, 0.05) is 7.11 Å². The SMILES string of the molecule is COCc1noc(-c2cccc(F)c2C#N)n1. The third-order valence-corrected chi connectivity index (χ3v) is 2.10. The molecule has 6 heteroatoms. The summed E-state index contributed by atoms with van der Waals surface area (Å²) in [7, 11) is 1.50. The Morgan fingerprint density at radius 3 is 3.06 bits per heavy atom. The van der Waals surface area contributed by atoms with Gasteiger partial charge in [-0.05, 0) is 12.1 Å². The molecule has 2 rings (SSSR count). The highest BCUT2D eigenvalue weighted by Gasteiger charge is 2.15. The Morgan fingerprint density at radius 1 is 1.53 bits per heavy atom. The molecule has 17 heavy (non-hydrogen) atoms. The maximum Gasteiger partial charge on any atom is 0.259 e.